The molecule has 0 spiro atoms. The maximum Gasteiger partial charge on any atom is 0.254 e. The van der Waals surface area contributed by atoms with Gasteiger partial charge in [0.25, 0.3) is 5.91 Å². The van der Waals surface area contributed by atoms with E-state index in [-0.39, 0.29) is 5.91 Å². The Bertz CT molecular complexity index is 1070. The summed E-state index contributed by atoms with van der Waals surface area (Å²) >= 11 is 0. The number of piperidine rings is 1. The first-order valence-corrected chi connectivity index (χ1v) is 10.5. The summed E-state index contributed by atoms with van der Waals surface area (Å²) < 4.78 is 1.77. The molecule has 1 amide bonds. The smallest absolute Gasteiger partial charge is 0.254 e. The number of rotatable bonds is 2. The van der Waals surface area contributed by atoms with E-state index in [0.717, 1.165) is 52.9 Å². The lowest BCUT2D eigenvalue weighted by Gasteiger charge is -2.44. The number of pyridine rings is 1. The molecule has 0 aliphatic carbocycles. The molecule has 5 rings (SSSR count). The number of piperazine rings is 1. The Morgan fingerprint density at radius 2 is 2.03 bits per heavy atom. The maximum absolute atomic E-state index is 13.6. The zero-order chi connectivity index (χ0) is 20.0. The molecule has 2 saturated heterocycles. The largest absolute Gasteiger partial charge is 0.336 e. The van der Waals surface area contributed by atoms with Gasteiger partial charge in [-0.1, -0.05) is 18.6 Å². The molecule has 2 aliphatic heterocycles. The molecule has 6 nitrogen and oxygen atoms in total. The summed E-state index contributed by atoms with van der Waals surface area (Å²) in [6, 6.07) is 8.61. The molecule has 0 bridgehead atoms. The van der Waals surface area contributed by atoms with Crippen LogP contribution in [0.25, 0.3) is 22.2 Å². The van der Waals surface area contributed by atoms with Crippen molar-refractivity contribution < 1.29 is 4.79 Å². The average molecular weight is 390 g/mol. The Hall–Kier alpha value is -2.73. The minimum Gasteiger partial charge on any atom is -0.336 e. The van der Waals surface area contributed by atoms with Crippen LogP contribution >= 0.6 is 0 Å². The third kappa shape index (κ3) is 3.42. The van der Waals surface area contributed by atoms with Gasteiger partial charge in [-0.2, -0.15) is 5.10 Å². The van der Waals surface area contributed by atoms with Gasteiger partial charge in [0, 0.05) is 49.9 Å². The number of nitrogens with zero attached hydrogens (tertiary/aromatic N) is 5. The van der Waals surface area contributed by atoms with Crippen LogP contribution in [0.15, 0.2) is 36.7 Å². The molecule has 2 aromatic heterocycles. The van der Waals surface area contributed by atoms with Crippen molar-refractivity contribution in [1.82, 2.24) is 24.6 Å². The molecular formula is C23H27N5O. The van der Waals surface area contributed by atoms with E-state index in [1.54, 1.807) is 10.9 Å². The van der Waals surface area contributed by atoms with Gasteiger partial charge >= 0.3 is 0 Å². The molecule has 1 atom stereocenters. The second-order valence-electron chi connectivity index (χ2n) is 8.42. The SMILES string of the molecule is Cc1ccc2c(C(=O)N3CCN4CCCC[C@@H]4C3)cc(-c3cnn(C)c3)nc2c1. The van der Waals surface area contributed by atoms with Gasteiger partial charge in [-0.05, 0) is 44.0 Å². The predicted molar refractivity (Wildman–Crippen MR) is 114 cm³/mol. The maximum atomic E-state index is 13.6. The fraction of sp³-hybridized carbons (Fsp3) is 0.435. The normalized spacial score (nSPS) is 20.1. The molecule has 0 radical (unpaired) electrons. The highest BCUT2D eigenvalue weighted by molar-refractivity contribution is 6.07. The zero-order valence-electron chi connectivity index (χ0n) is 17.1. The molecule has 2 fully saturated rings. The second-order valence-corrected chi connectivity index (χ2v) is 8.42. The van der Waals surface area contributed by atoms with Gasteiger partial charge in [-0.25, -0.2) is 4.98 Å². The Kier molecular flexibility index (Phi) is 4.59. The highest BCUT2D eigenvalue weighted by atomic mass is 16.2. The molecule has 0 unspecified atom stereocenters. The summed E-state index contributed by atoms with van der Waals surface area (Å²) in [7, 11) is 1.89. The molecule has 0 N–H and O–H groups in total. The first-order valence-electron chi connectivity index (χ1n) is 10.5. The summed E-state index contributed by atoms with van der Waals surface area (Å²) in [4.78, 5) is 23.1. The van der Waals surface area contributed by atoms with E-state index in [1.807, 2.05) is 30.3 Å². The average Bonchev–Trinajstić information content (AvgIpc) is 3.18. The number of aryl methyl sites for hydroxylation is 2. The molecule has 0 saturated carbocycles. The standard InChI is InChI=1S/C23H27N5O/c1-16-6-7-19-20(12-21(25-22(19)11-16)17-13-24-26(2)14-17)23(29)28-10-9-27-8-4-3-5-18(27)15-28/h6-7,11-14,18H,3-5,8-10,15H2,1-2H3/t18-/m1/s1. The summed E-state index contributed by atoms with van der Waals surface area (Å²) in [5.41, 5.74) is 4.49. The zero-order valence-corrected chi connectivity index (χ0v) is 17.1. The lowest BCUT2D eigenvalue weighted by atomic mass is 9.98. The van der Waals surface area contributed by atoms with Gasteiger partial charge in [-0.15, -0.1) is 0 Å². The molecule has 2 aliphatic rings. The minimum atomic E-state index is 0.122. The van der Waals surface area contributed by atoms with Crippen LogP contribution in [-0.2, 0) is 7.05 Å². The molecule has 3 aromatic rings. The number of benzene rings is 1. The first-order chi connectivity index (χ1) is 14.1. The molecule has 150 valence electrons. The fourth-order valence-corrected chi connectivity index (χ4v) is 4.73. The van der Waals surface area contributed by atoms with E-state index in [9.17, 15) is 4.79 Å². The first kappa shape index (κ1) is 18.3. The van der Waals surface area contributed by atoms with Crippen molar-refractivity contribution in [3.05, 3.63) is 47.8 Å². The van der Waals surface area contributed by atoms with Gasteiger partial charge in [0.15, 0.2) is 0 Å². The Labute approximate surface area is 171 Å². The van der Waals surface area contributed by atoms with Gasteiger partial charge in [-0.3, -0.25) is 14.4 Å². The fourth-order valence-electron chi connectivity index (χ4n) is 4.73. The third-order valence-electron chi connectivity index (χ3n) is 6.32. The summed E-state index contributed by atoms with van der Waals surface area (Å²) in [6.07, 6.45) is 7.50. The number of carbonyl (C=O) groups is 1. The monoisotopic (exact) mass is 389 g/mol. The number of amides is 1. The van der Waals surface area contributed by atoms with Crippen LogP contribution in [0.1, 0.15) is 35.2 Å². The van der Waals surface area contributed by atoms with Gasteiger partial charge in [0.2, 0.25) is 0 Å². The predicted octanol–water partition coefficient (Wildman–Crippen LogP) is 3.25. The Morgan fingerprint density at radius 3 is 2.86 bits per heavy atom. The third-order valence-corrected chi connectivity index (χ3v) is 6.32. The van der Waals surface area contributed by atoms with E-state index < -0.39 is 0 Å². The molecule has 1 aromatic carbocycles. The molecular weight excluding hydrogens is 362 g/mol. The van der Waals surface area contributed by atoms with Crippen molar-refractivity contribution in [3.63, 3.8) is 0 Å². The number of hydrogen-bond acceptors (Lipinski definition) is 4. The van der Waals surface area contributed by atoms with Crippen LogP contribution in [-0.4, -0.2) is 62.7 Å². The second kappa shape index (κ2) is 7.26. The highest BCUT2D eigenvalue weighted by Gasteiger charge is 2.32. The van der Waals surface area contributed by atoms with Crippen LogP contribution in [0.5, 0.6) is 0 Å². The van der Waals surface area contributed by atoms with E-state index in [2.05, 4.69) is 29.1 Å². The van der Waals surface area contributed by atoms with Crippen molar-refractivity contribution in [3.8, 4) is 11.3 Å². The van der Waals surface area contributed by atoms with E-state index >= 15 is 0 Å². The number of fused-ring (bicyclic) bond motifs is 2. The summed E-state index contributed by atoms with van der Waals surface area (Å²) in [6.45, 7) is 5.84. The molecule has 29 heavy (non-hydrogen) atoms. The van der Waals surface area contributed by atoms with E-state index in [4.69, 9.17) is 4.98 Å². The van der Waals surface area contributed by atoms with E-state index in [1.165, 1.54) is 25.8 Å². The highest BCUT2D eigenvalue weighted by Crippen LogP contribution is 2.28. The van der Waals surface area contributed by atoms with Crippen LogP contribution < -0.4 is 0 Å². The van der Waals surface area contributed by atoms with Crippen LogP contribution in [0.4, 0.5) is 0 Å². The van der Waals surface area contributed by atoms with Crippen molar-refractivity contribution in [1.29, 1.82) is 0 Å². The lowest BCUT2D eigenvalue weighted by molar-refractivity contribution is 0.0374. The van der Waals surface area contributed by atoms with Gasteiger partial charge in [0.1, 0.15) is 0 Å². The lowest BCUT2D eigenvalue weighted by Crippen LogP contribution is -2.56. The van der Waals surface area contributed by atoms with Gasteiger partial charge in [0.05, 0.1) is 23.0 Å². The quantitative estimate of drug-likeness (QED) is 0.675. The Balaban J connectivity index is 1.55. The van der Waals surface area contributed by atoms with Crippen molar-refractivity contribution in [2.24, 2.45) is 7.05 Å². The van der Waals surface area contributed by atoms with Crippen LogP contribution in [0, 0.1) is 6.92 Å². The number of hydrogen-bond donors (Lipinski definition) is 0. The number of carbonyl (C=O) groups excluding carboxylic acids is 1. The van der Waals surface area contributed by atoms with Crippen molar-refractivity contribution in [2.45, 2.75) is 32.2 Å². The van der Waals surface area contributed by atoms with Crippen LogP contribution in [0.2, 0.25) is 0 Å². The Morgan fingerprint density at radius 1 is 1.14 bits per heavy atom. The van der Waals surface area contributed by atoms with Crippen molar-refractivity contribution >= 4 is 16.8 Å². The number of aromatic nitrogens is 3. The van der Waals surface area contributed by atoms with Gasteiger partial charge < -0.3 is 4.90 Å². The molecule has 6 heteroatoms. The summed E-state index contributed by atoms with van der Waals surface area (Å²) in [5, 5.41) is 5.21. The van der Waals surface area contributed by atoms with Crippen LogP contribution in [0.3, 0.4) is 0 Å². The topological polar surface area (TPSA) is 54.3 Å². The minimum absolute atomic E-state index is 0.122. The molecule has 4 heterocycles. The van der Waals surface area contributed by atoms with Crippen molar-refractivity contribution in [2.75, 3.05) is 26.2 Å². The summed E-state index contributed by atoms with van der Waals surface area (Å²) in [5.74, 6) is 0.122. The van der Waals surface area contributed by atoms with E-state index in [0.29, 0.717) is 6.04 Å².